The normalized spacial score (nSPS) is 12.1. The van der Waals surface area contributed by atoms with Gasteiger partial charge < -0.3 is 20.4 Å². The van der Waals surface area contributed by atoms with Gasteiger partial charge in [-0.05, 0) is 59.9 Å². The maximum Gasteiger partial charge on any atom is 0.338 e. The Hall–Kier alpha value is -3.26. The number of nitrogens with two attached hydrogens (primary N) is 1. The topological polar surface area (TPSA) is 128 Å². The van der Waals surface area contributed by atoms with Gasteiger partial charge in [-0.2, -0.15) is 8.42 Å². The van der Waals surface area contributed by atoms with Crippen molar-refractivity contribution in [2.24, 2.45) is 12.8 Å². The number of benzene rings is 3. The van der Waals surface area contributed by atoms with Gasteiger partial charge in [-0.15, -0.1) is 37.2 Å². The van der Waals surface area contributed by atoms with E-state index in [1.54, 1.807) is 7.05 Å². The van der Waals surface area contributed by atoms with Crippen LogP contribution in [0.1, 0.15) is 34.0 Å². The first kappa shape index (κ1) is 39.8. The lowest BCUT2D eigenvalue weighted by Crippen LogP contribution is -2.46. The number of aromatic nitrogens is 2. The molecule has 0 aliphatic rings. The zero-order chi connectivity index (χ0) is 30.3. The molecule has 15 heteroatoms. The maximum atomic E-state index is 13.8. The van der Waals surface area contributed by atoms with Crippen molar-refractivity contribution in [3.8, 4) is 0 Å². The minimum Gasteiger partial charge on any atom is -0.456 e. The first-order valence-electron chi connectivity index (χ1n) is 13.3. The summed E-state index contributed by atoms with van der Waals surface area (Å²) in [5.41, 5.74) is 9.18. The molecular formula is C30H36Cl3F2N5O4S. The highest BCUT2D eigenvalue weighted by atomic mass is 35.5. The van der Waals surface area contributed by atoms with Gasteiger partial charge in [0, 0.05) is 44.1 Å². The Labute approximate surface area is 280 Å². The Balaban J connectivity index is 0.00000337. The van der Waals surface area contributed by atoms with Gasteiger partial charge in [-0.1, -0.05) is 37.3 Å². The molecule has 0 saturated heterocycles. The molecule has 0 saturated carbocycles. The Bertz CT molecular complexity index is 1640. The smallest absolute Gasteiger partial charge is 0.338 e. The van der Waals surface area contributed by atoms with Crippen LogP contribution in [0.5, 0.6) is 0 Å². The summed E-state index contributed by atoms with van der Waals surface area (Å²) in [5, 5.41) is 3.08. The van der Waals surface area contributed by atoms with Crippen LogP contribution < -0.4 is 15.8 Å². The number of carbonyl (C=O) groups is 1. The van der Waals surface area contributed by atoms with Crippen LogP contribution in [-0.4, -0.2) is 42.6 Å². The third-order valence-electron chi connectivity index (χ3n) is 6.51. The summed E-state index contributed by atoms with van der Waals surface area (Å²) in [5.74, 6) is -2.20. The Morgan fingerprint density at radius 1 is 0.978 bits per heavy atom. The number of carbonyl (C=O) groups excluding carboxylic acids is 1. The number of ether oxygens (including phenoxy) is 1. The molecule has 4 aromatic rings. The van der Waals surface area contributed by atoms with Gasteiger partial charge in [-0.3, -0.25) is 4.72 Å². The number of anilines is 1. The summed E-state index contributed by atoms with van der Waals surface area (Å²) in [6.07, 6.45) is 2.76. The first-order chi connectivity index (χ1) is 20.0. The molecule has 3 aromatic carbocycles. The highest BCUT2D eigenvalue weighted by Gasteiger charge is 2.25. The minimum absolute atomic E-state index is 0. The molecule has 0 aliphatic heterocycles. The number of aryl methyl sites for hydroxylation is 2. The van der Waals surface area contributed by atoms with Crippen molar-refractivity contribution in [3.63, 3.8) is 0 Å². The minimum atomic E-state index is -3.98. The Morgan fingerprint density at radius 3 is 2.29 bits per heavy atom. The van der Waals surface area contributed by atoms with Gasteiger partial charge in [0.1, 0.15) is 17.7 Å². The highest BCUT2D eigenvalue weighted by Crippen LogP contribution is 2.18. The van der Waals surface area contributed by atoms with Crippen molar-refractivity contribution in [2.75, 3.05) is 11.3 Å². The summed E-state index contributed by atoms with van der Waals surface area (Å²) < 4.78 is 62.6. The van der Waals surface area contributed by atoms with Crippen LogP contribution in [0.25, 0.3) is 0 Å². The van der Waals surface area contributed by atoms with Gasteiger partial charge in [0.15, 0.2) is 5.03 Å². The van der Waals surface area contributed by atoms with Gasteiger partial charge >= 0.3 is 5.97 Å². The van der Waals surface area contributed by atoms with E-state index in [1.165, 1.54) is 59.1 Å². The van der Waals surface area contributed by atoms with E-state index in [9.17, 15) is 22.0 Å². The molecule has 45 heavy (non-hydrogen) atoms. The van der Waals surface area contributed by atoms with Crippen molar-refractivity contribution < 1.29 is 26.7 Å². The molecule has 0 unspecified atom stereocenters. The fourth-order valence-corrected chi connectivity index (χ4v) is 5.41. The van der Waals surface area contributed by atoms with Crippen molar-refractivity contribution >= 4 is 58.9 Å². The highest BCUT2D eigenvalue weighted by molar-refractivity contribution is 7.92. The number of halogens is 5. The monoisotopic (exact) mass is 705 g/mol. The third-order valence-corrected chi connectivity index (χ3v) is 7.78. The molecule has 1 aromatic heterocycles. The Morgan fingerprint density at radius 2 is 1.64 bits per heavy atom. The first-order valence-corrected chi connectivity index (χ1v) is 14.8. The molecule has 0 amide bonds. The van der Waals surface area contributed by atoms with Crippen LogP contribution in [0.15, 0.2) is 84.3 Å². The van der Waals surface area contributed by atoms with E-state index < -0.39 is 39.8 Å². The zero-order valence-corrected chi connectivity index (χ0v) is 27.7. The number of nitrogens with one attached hydrogen (secondary N) is 2. The van der Waals surface area contributed by atoms with E-state index >= 15 is 0 Å². The molecule has 0 bridgehead atoms. The Kier molecular flexibility index (Phi) is 15.9. The van der Waals surface area contributed by atoms with E-state index in [-0.39, 0.29) is 66.5 Å². The third kappa shape index (κ3) is 11.6. The predicted molar refractivity (Wildman–Crippen MR) is 177 cm³/mol. The van der Waals surface area contributed by atoms with Crippen molar-refractivity contribution in [1.82, 2.24) is 14.9 Å². The van der Waals surface area contributed by atoms with Crippen molar-refractivity contribution in [2.45, 2.75) is 43.5 Å². The predicted octanol–water partition coefficient (Wildman–Crippen LogP) is 5.21. The largest absolute Gasteiger partial charge is 0.456 e. The van der Waals surface area contributed by atoms with Crippen LogP contribution >= 0.6 is 37.2 Å². The molecule has 4 rings (SSSR count). The standard InChI is InChI=1S/C30H33F2N5O4S.3ClH/c1-3-20-6-4-7-21(10-20)16-34-17-28(27(33)13-22-11-24(31)15-25(32)12-22)41-30(38)23-8-5-9-26(14-23)36-42(39,40)29-18-37(2)19-35-29;;;/h4-12,14-15,18-19,27-28,34,36H,3,13,16-17,33H2,1-2H3;3*1H/t27-,28+;;;/m0.../s1. The molecular weight excluding hydrogens is 671 g/mol. The van der Waals surface area contributed by atoms with E-state index in [2.05, 4.69) is 28.0 Å². The summed E-state index contributed by atoms with van der Waals surface area (Å²) in [6.45, 7) is 2.70. The van der Waals surface area contributed by atoms with E-state index in [1.807, 2.05) is 18.2 Å². The number of imidazole rings is 1. The number of nitrogens with zero attached hydrogens (tertiary/aromatic N) is 2. The number of esters is 1. The number of sulfonamides is 1. The quantitative estimate of drug-likeness (QED) is 0.163. The van der Waals surface area contributed by atoms with E-state index in [0.717, 1.165) is 18.1 Å². The van der Waals surface area contributed by atoms with Crippen LogP contribution in [-0.2, 0) is 41.2 Å². The summed E-state index contributed by atoms with van der Waals surface area (Å²) in [4.78, 5) is 17.1. The van der Waals surface area contributed by atoms with Gasteiger partial charge in [0.25, 0.3) is 10.0 Å². The zero-order valence-electron chi connectivity index (χ0n) is 24.5. The SMILES string of the molecule is CCc1cccc(CNC[C@@H](OC(=O)c2cccc(NS(=O)(=O)c3cn(C)cn3)c2)[C@@H](N)Cc2cc(F)cc(F)c2)c1.Cl.Cl.Cl. The number of hydrogen-bond donors (Lipinski definition) is 3. The lowest BCUT2D eigenvalue weighted by atomic mass is 10.0. The van der Waals surface area contributed by atoms with Gasteiger partial charge in [0.2, 0.25) is 0 Å². The van der Waals surface area contributed by atoms with E-state index in [0.29, 0.717) is 12.1 Å². The summed E-state index contributed by atoms with van der Waals surface area (Å²) in [6, 6.07) is 16.2. The second kappa shape index (κ2) is 18.0. The second-order valence-corrected chi connectivity index (χ2v) is 11.6. The molecule has 0 aliphatic carbocycles. The molecule has 0 spiro atoms. The average molecular weight is 707 g/mol. The number of hydrogen-bond acceptors (Lipinski definition) is 7. The molecule has 4 N–H and O–H groups in total. The van der Waals surface area contributed by atoms with Crippen LogP contribution in [0.2, 0.25) is 0 Å². The molecule has 2 atom stereocenters. The number of rotatable bonds is 13. The fourth-order valence-electron chi connectivity index (χ4n) is 4.38. The fraction of sp³-hybridized carbons (Fsp3) is 0.267. The van der Waals surface area contributed by atoms with Crippen LogP contribution in [0.4, 0.5) is 14.5 Å². The lowest BCUT2D eigenvalue weighted by Gasteiger charge is -2.25. The summed E-state index contributed by atoms with van der Waals surface area (Å²) in [7, 11) is -2.34. The van der Waals surface area contributed by atoms with Crippen LogP contribution in [0.3, 0.4) is 0 Å². The molecule has 9 nitrogen and oxygen atoms in total. The van der Waals surface area contributed by atoms with Gasteiger partial charge in [-0.25, -0.2) is 18.6 Å². The van der Waals surface area contributed by atoms with Gasteiger partial charge in [0.05, 0.1) is 11.9 Å². The maximum absolute atomic E-state index is 13.8. The lowest BCUT2D eigenvalue weighted by molar-refractivity contribution is 0.0238. The summed E-state index contributed by atoms with van der Waals surface area (Å²) >= 11 is 0. The average Bonchev–Trinajstić information content (AvgIpc) is 3.39. The van der Waals surface area contributed by atoms with Crippen molar-refractivity contribution in [3.05, 3.63) is 113 Å². The molecule has 0 fully saturated rings. The molecule has 1 heterocycles. The van der Waals surface area contributed by atoms with Crippen LogP contribution in [0, 0.1) is 11.6 Å². The molecule has 246 valence electrons. The van der Waals surface area contributed by atoms with E-state index in [4.69, 9.17) is 10.5 Å². The van der Waals surface area contributed by atoms with Crippen molar-refractivity contribution in [1.29, 1.82) is 0 Å². The second-order valence-electron chi connectivity index (χ2n) is 9.96. The molecule has 0 radical (unpaired) electrons.